The van der Waals surface area contributed by atoms with Crippen LogP contribution in [0.15, 0.2) is 0 Å². The van der Waals surface area contributed by atoms with E-state index in [1.165, 1.54) is 0 Å². The molecule has 1 atom stereocenters. The predicted molar refractivity (Wildman–Crippen MR) is 45.8 cm³/mol. The normalized spacial score (nSPS) is 15.7. The monoisotopic (exact) mass is 147 g/mol. The first kappa shape index (κ1) is 9.31. The maximum absolute atomic E-state index is 5.55. The number of nitrogens with two attached hydrogens (primary N) is 1. The zero-order chi connectivity index (χ0) is 7.49. The van der Waals surface area contributed by atoms with Crippen LogP contribution in [0.3, 0.4) is 0 Å². The number of hydrogen-bond acceptors (Lipinski definition) is 2. The fourth-order valence-electron chi connectivity index (χ4n) is 0.803. The molecule has 9 heavy (non-hydrogen) atoms. The number of hydrogen-bond donors (Lipinski definition) is 1. The van der Waals surface area contributed by atoms with Crippen LogP contribution >= 0.6 is 11.8 Å². The average Bonchev–Trinajstić information content (AvgIpc) is 1.65. The largest absolute Gasteiger partial charge is 0.329 e. The standard InChI is InChI=1S/C7H17NS/c1-7(2,3)6(5-8)9-4/h6H,5,8H2,1-4H3/t6-/m0/s1. The molecule has 1 nitrogen and oxygen atoms in total. The van der Waals surface area contributed by atoms with E-state index in [1.54, 1.807) is 0 Å². The topological polar surface area (TPSA) is 26.0 Å². The van der Waals surface area contributed by atoms with Crippen LogP contribution in [0, 0.1) is 5.41 Å². The van der Waals surface area contributed by atoms with Crippen molar-refractivity contribution in [3.63, 3.8) is 0 Å². The molecule has 0 aromatic carbocycles. The molecule has 0 aliphatic carbocycles. The Balaban J connectivity index is 3.79. The second-order valence-corrected chi connectivity index (χ2v) is 4.37. The highest BCUT2D eigenvalue weighted by molar-refractivity contribution is 7.99. The van der Waals surface area contributed by atoms with Gasteiger partial charge in [-0.1, -0.05) is 20.8 Å². The molecule has 0 aliphatic rings. The molecule has 2 heteroatoms. The summed E-state index contributed by atoms with van der Waals surface area (Å²) in [6, 6.07) is 0. The lowest BCUT2D eigenvalue weighted by atomic mass is 9.92. The van der Waals surface area contributed by atoms with Crippen molar-refractivity contribution >= 4 is 11.8 Å². The highest BCUT2D eigenvalue weighted by atomic mass is 32.2. The van der Waals surface area contributed by atoms with E-state index in [-0.39, 0.29) is 0 Å². The van der Waals surface area contributed by atoms with Crippen LogP contribution in [0.1, 0.15) is 20.8 Å². The molecule has 56 valence electrons. The van der Waals surface area contributed by atoms with Crippen LogP contribution in [-0.4, -0.2) is 18.1 Å². The summed E-state index contributed by atoms with van der Waals surface area (Å²) >= 11 is 1.85. The van der Waals surface area contributed by atoms with Gasteiger partial charge < -0.3 is 5.73 Å². The molecule has 0 aromatic heterocycles. The van der Waals surface area contributed by atoms with Crippen LogP contribution in [0.5, 0.6) is 0 Å². The fraction of sp³-hybridized carbons (Fsp3) is 1.00. The fourth-order valence-corrected chi connectivity index (χ4v) is 1.70. The van der Waals surface area contributed by atoms with Gasteiger partial charge in [-0.15, -0.1) is 0 Å². The third kappa shape index (κ3) is 3.11. The van der Waals surface area contributed by atoms with Crippen molar-refractivity contribution in [2.24, 2.45) is 11.1 Å². The molecule has 0 heterocycles. The van der Waals surface area contributed by atoms with E-state index in [4.69, 9.17) is 5.73 Å². The molecule has 0 radical (unpaired) electrons. The highest BCUT2D eigenvalue weighted by Gasteiger charge is 2.21. The van der Waals surface area contributed by atoms with E-state index in [2.05, 4.69) is 27.0 Å². The van der Waals surface area contributed by atoms with Crippen molar-refractivity contribution in [1.82, 2.24) is 0 Å². The molecule has 0 unspecified atom stereocenters. The van der Waals surface area contributed by atoms with Gasteiger partial charge in [0.05, 0.1) is 0 Å². The maximum atomic E-state index is 5.55. The molecule has 0 fully saturated rings. The van der Waals surface area contributed by atoms with Crippen LogP contribution < -0.4 is 5.73 Å². The molecule has 0 spiro atoms. The molecule has 0 aromatic rings. The van der Waals surface area contributed by atoms with Gasteiger partial charge in [0.25, 0.3) is 0 Å². The van der Waals surface area contributed by atoms with E-state index in [0.29, 0.717) is 10.7 Å². The SMILES string of the molecule is CS[C@@H](CN)C(C)(C)C. The van der Waals surface area contributed by atoms with Gasteiger partial charge in [-0.3, -0.25) is 0 Å². The smallest absolute Gasteiger partial charge is 0.0215 e. The van der Waals surface area contributed by atoms with Gasteiger partial charge in [-0.2, -0.15) is 11.8 Å². The summed E-state index contributed by atoms with van der Waals surface area (Å²) in [5, 5.41) is 0.595. The van der Waals surface area contributed by atoms with Gasteiger partial charge >= 0.3 is 0 Å². The van der Waals surface area contributed by atoms with Crippen molar-refractivity contribution in [2.75, 3.05) is 12.8 Å². The molecule has 0 saturated carbocycles. The summed E-state index contributed by atoms with van der Waals surface area (Å²) in [5.74, 6) is 0. The van der Waals surface area contributed by atoms with Crippen LogP contribution in [0.4, 0.5) is 0 Å². The second kappa shape index (κ2) is 3.47. The van der Waals surface area contributed by atoms with Crippen molar-refractivity contribution in [1.29, 1.82) is 0 Å². The molecule has 0 aliphatic heterocycles. The summed E-state index contributed by atoms with van der Waals surface area (Å²) in [7, 11) is 0. The first-order valence-electron chi connectivity index (χ1n) is 3.25. The van der Waals surface area contributed by atoms with Crippen molar-refractivity contribution in [3.05, 3.63) is 0 Å². The molecule has 0 bridgehead atoms. The quantitative estimate of drug-likeness (QED) is 0.643. The first-order valence-corrected chi connectivity index (χ1v) is 4.54. The van der Waals surface area contributed by atoms with Gasteiger partial charge in [0.2, 0.25) is 0 Å². The van der Waals surface area contributed by atoms with Crippen molar-refractivity contribution < 1.29 is 0 Å². The lowest BCUT2D eigenvalue weighted by Crippen LogP contribution is -2.30. The average molecular weight is 147 g/mol. The minimum atomic E-state index is 0.355. The summed E-state index contributed by atoms with van der Waals surface area (Å²) in [5.41, 5.74) is 5.90. The lowest BCUT2D eigenvalue weighted by molar-refractivity contribution is 0.399. The lowest BCUT2D eigenvalue weighted by Gasteiger charge is -2.27. The Hall–Kier alpha value is 0.310. The van der Waals surface area contributed by atoms with E-state index in [9.17, 15) is 0 Å². The molecule has 0 rings (SSSR count). The van der Waals surface area contributed by atoms with Crippen LogP contribution in [0.25, 0.3) is 0 Å². The molecular weight excluding hydrogens is 130 g/mol. The number of thioether (sulfide) groups is 1. The minimum Gasteiger partial charge on any atom is -0.329 e. The number of rotatable bonds is 2. The van der Waals surface area contributed by atoms with Gasteiger partial charge in [0, 0.05) is 11.8 Å². The summed E-state index contributed by atoms with van der Waals surface area (Å²) in [4.78, 5) is 0. The Morgan fingerprint density at radius 3 is 1.89 bits per heavy atom. The van der Waals surface area contributed by atoms with Crippen molar-refractivity contribution in [3.8, 4) is 0 Å². The maximum Gasteiger partial charge on any atom is 0.0215 e. The zero-order valence-corrected chi connectivity index (χ0v) is 7.59. The highest BCUT2D eigenvalue weighted by Crippen LogP contribution is 2.27. The Morgan fingerprint density at radius 1 is 1.44 bits per heavy atom. The van der Waals surface area contributed by atoms with Gasteiger partial charge in [0.15, 0.2) is 0 Å². The van der Waals surface area contributed by atoms with E-state index >= 15 is 0 Å². The Morgan fingerprint density at radius 2 is 1.89 bits per heavy atom. The second-order valence-electron chi connectivity index (χ2n) is 3.33. The molecular formula is C7H17NS. The van der Waals surface area contributed by atoms with Crippen molar-refractivity contribution in [2.45, 2.75) is 26.0 Å². The summed E-state index contributed by atoms with van der Waals surface area (Å²) < 4.78 is 0. The molecule has 0 amide bonds. The minimum absolute atomic E-state index is 0.355. The van der Waals surface area contributed by atoms with Crippen LogP contribution in [0.2, 0.25) is 0 Å². The Bertz CT molecular complexity index is 71.5. The Kier molecular flexibility index (Phi) is 3.59. The first-order chi connectivity index (χ1) is 4.02. The van der Waals surface area contributed by atoms with E-state index < -0.39 is 0 Å². The van der Waals surface area contributed by atoms with Crippen LogP contribution in [-0.2, 0) is 0 Å². The predicted octanol–water partition coefficient (Wildman–Crippen LogP) is 1.72. The third-order valence-electron chi connectivity index (χ3n) is 1.46. The summed E-state index contributed by atoms with van der Waals surface area (Å²) in [6.07, 6.45) is 2.11. The Labute approximate surface area is 62.4 Å². The molecule has 2 N–H and O–H groups in total. The van der Waals surface area contributed by atoms with Gasteiger partial charge in [-0.25, -0.2) is 0 Å². The van der Waals surface area contributed by atoms with Gasteiger partial charge in [-0.05, 0) is 11.7 Å². The summed E-state index contributed by atoms with van der Waals surface area (Å²) in [6.45, 7) is 7.45. The molecule has 0 saturated heterocycles. The third-order valence-corrected chi connectivity index (χ3v) is 2.93. The zero-order valence-electron chi connectivity index (χ0n) is 6.77. The van der Waals surface area contributed by atoms with E-state index in [0.717, 1.165) is 6.54 Å². The van der Waals surface area contributed by atoms with Gasteiger partial charge in [0.1, 0.15) is 0 Å². The van der Waals surface area contributed by atoms with E-state index in [1.807, 2.05) is 11.8 Å².